The van der Waals surface area contributed by atoms with Crippen molar-refractivity contribution in [3.63, 3.8) is 0 Å². The van der Waals surface area contributed by atoms with Gasteiger partial charge in [0.2, 0.25) is 0 Å². The summed E-state index contributed by atoms with van der Waals surface area (Å²) in [4.78, 5) is 2.46. The minimum absolute atomic E-state index is 0.387. The molecule has 1 rings (SSSR count). The molecule has 0 radical (unpaired) electrons. The zero-order valence-electron chi connectivity index (χ0n) is 12.4. The first-order valence-electron chi connectivity index (χ1n) is 7.79. The number of rotatable bonds is 9. The number of unbranched alkanes of at least 4 members (excludes halogenated alkanes) is 6. The van der Waals surface area contributed by atoms with Crippen molar-refractivity contribution in [2.75, 3.05) is 25.1 Å². The van der Waals surface area contributed by atoms with Crippen LogP contribution in [0.5, 0.6) is 0 Å². The molecule has 0 aromatic rings. The minimum atomic E-state index is 0.387. The van der Waals surface area contributed by atoms with E-state index in [0.29, 0.717) is 12.1 Å². The molecule has 108 valence electrons. The van der Waals surface area contributed by atoms with Gasteiger partial charge in [-0.1, -0.05) is 51.9 Å². The number of likely N-dealkylation sites (N-methyl/N-ethyl adjacent to an activating group) is 1. The Labute approximate surface area is 118 Å². The van der Waals surface area contributed by atoms with Crippen molar-refractivity contribution in [3.8, 4) is 0 Å². The van der Waals surface area contributed by atoms with Gasteiger partial charge in [-0.15, -0.1) is 0 Å². The van der Waals surface area contributed by atoms with Gasteiger partial charge in [-0.05, 0) is 13.5 Å². The van der Waals surface area contributed by atoms with Crippen LogP contribution in [0.15, 0.2) is 0 Å². The topological polar surface area (TPSA) is 29.3 Å². The molecule has 18 heavy (non-hydrogen) atoms. The van der Waals surface area contributed by atoms with Gasteiger partial charge < -0.3 is 10.6 Å². The van der Waals surface area contributed by atoms with Gasteiger partial charge in [0, 0.05) is 30.1 Å². The summed E-state index contributed by atoms with van der Waals surface area (Å²) in [6, 6.07) is 1.00. The summed E-state index contributed by atoms with van der Waals surface area (Å²) < 4.78 is 0. The highest BCUT2D eigenvalue weighted by molar-refractivity contribution is 7.99. The molecule has 1 heterocycles. The molecule has 0 aromatic heterocycles. The smallest absolute Gasteiger partial charge is 0.0335 e. The molecule has 2 nitrogen and oxygen atoms in total. The number of nitrogens with zero attached hydrogens (tertiary/aromatic N) is 1. The molecule has 0 spiro atoms. The van der Waals surface area contributed by atoms with E-state index in [0.717, 1.165) is 0 Å². The van der Waals surface area contributed by atoms with E-state index in [2.05, 4.69) is 30.6 Å². The number of nitrogens with two attached hydrogens (primary N) is 1. The van der Waals surface area contributed by atoms with Crippen LogP contribution in [0, 0.1) is 0 Å². The van der Waals surface area contributed by atoms with Gasteiger partial charge in [-0.25, -0.2) is 0 Å². The van der Waals surface area contributed by atoms with Crippen LogP contribution in [0.25, 0.3) is 0 Å². The molecule has 3 heteroatoms. The Morgan fingerprint density at radius 3 is 2.50 bits per heavy atom. The van der Waals surface area contributed by atoms with Gasteiger partial charge in [-0.2, -0.15) is 11.8 Å². The molecule has 1 saturated heterocycles. The lowest BCUT2D eigenvalue weighted by Gasteiger charge is -2.36. The first kappa shape index (κ1) is 16.3. The average molecular weight is 273 g/mol. The largest absolute Gasteiger partial charge is 0.326 e. The molecule has 0 amide bonds. The van der Waals surface area contributed by atoms with Crippen LogP contribution in [0.1, 0.15) is 58.3 Å². The first-order chi connectivity index (χ1) is 8.75. The van der Waals surface area contributed by atoms with E-state index in [1.54, 1.807) is 0 Å². The fourth-order valence-electron chi connectivity index (χ4n) is 2.69. The van der Waals surface area contributed by atoms with Gasteiger partial charge in [0.15, 0.2) is 0 Å². The third-order valence-electron chi connectivity index (χ3n) is 4.08. The lowest BCUT2D eigenvalue weighted by Crippen LogP contribution is -2.50. The summed E-state index contributed by atoms with van der Waals surface area (Å²) >= 11 is 2.07. The van der Waals surface area contributed by atoms with E-state index in [4.69, 9.17) is 5.73 Å². The average Bonchev–Trinajstić information content (AvgIpc) is 2.38. The summed E-state index contributed by atoms with van der Waals surface area (Å²) in [5, 5.41) is 0. The van der Waals surface area contributed by atoms with Crippen LogP contribution in [-0.2, 0) is 0 Å². The Bertz CT molecular complexity index is 199. The predicted molar refractivity (Wildman–Crippen MR) is 84.3 cm³/mol. The van der Waals surface area contributed by atoms with E-state index < -0.39 is 0 Å². The maximum Gasteiger partial charge on any atom is 0.0335 e. The SMILES string of the molecule is CCCCCCCCCC(N)C1CSCCN1C. The fraction of sp³-hybridized carbons (Fsp3) is 1.00. The monoisotopic (exact) mass is 272 g/mol. The van der Waals surface area contributed by atoms with Crippen molar-refractivity contribution in [2.45, 2.75) is 70.4 Å². The van der Waals surface area contributed by atoms with Crippen LogP contribution in [0.2, 0.25) is 0 Å². The quantitative estimate of drug-likeness (QED) is 0.651. The molecule has 0 bridgehead atoms. The van der Waals surface area contributed by atoms with Crippen molar-refractivity contribution in [3.05, 3.63) is 0 Å². The second kappa shape index (κ2) is 10.1. The van der Waals surface area contributed by atoms with E-state index >= 15 is 0 Å². The number of hydrogen-bond donors (Lipinski definition) is 1. The Hall–Kier alpha value is 0.270. The predicted octanol–water partition coefficient (Wildman–Crippen LogP) is 3.50. The molecular formula is C15H32N2S. The zero-order valence-corrected chi connectivity index (χ0v) is 13.2. The van der Waals surface area contributed by atoms with Gasteiger partial charge in [0.1, 0.15) is 0 Å². The lowest BCUT2D eigenvalue weighted by atomic mass is 10.0. The van der Waals surface area contributed by atoms with Crippen LogP contribution >= 0.6 is 11.8 Å². The molecule has 2 N–H and O–H groups in total. The van der Waals surface area contributed by atoms with Crippen LogP contribution in [-0.4, -0.2) is 42.1 Å². The maximum absolute atomic E-state index is 6.35. The maximum atomic E-state index is 6.35. The van der Waals surface area contributed by atoms with E-state index in [9.17, 15) is 0 Å². The highest BCUT2D eigenvalue weighted by Gasteiger charge is 2.24. The third kappa shape index (κ3) is 6.44. The molecule has 1 aliphatic heterocycles. The van der Waals surface area contributed by atoms with Crippen molar-refractivity contribution in [1.29, 1.82) is 0 Å². The standard InChI is InChI=1S/C15H32N2S/c1-3-4-5-6-7-8-9-10-14(16)15-13-18-12-11-17(15)2/h14-15H,3-13,16H2,1-2H3. The molecule has 2 unspecified atom stereocenters. The number of hydrogen-bond acceptors (Lipinski definition) is 3. The molecule has 2 atom stereocenters. The molecular weight excluding hydrogens is 240 g/mol. The second-order valence-corrected chi connectivity index (χ2v) is 6.85. The summed E-state index contributed by atoms with van der Waals surface area (Å²) in [6.07, 6.45) is 10.9. The van der Waals surface area contributed by atoms with Gasteiger partial charge >= 0.3 is 0 Å². The molecule has 0 saturated carbocycles. The van der Waals surface area contributed by atoms with Gasteiger partial charge in [0.05, 0.1) is 0 Å². The summed E-state index contributed by atoms with van der Waals surface area (Å²) in [5.74, 6) is 2.51. The van der Waals surface area contributed by atoms with Crippen LogP contribution in [0.4, 0.5) is 0 Å². The molecule has 0 aromatic carbocycles. The van der Waals surface area contributed by atoms with E-state index in [1.807, 2.05) is 0 Å². The van der Waals surface area contributed by atoms with Gasteiger partial charge in [0.25, 0.3) is 0 Å². The summed E-state index contributed by atoms with van der Waals surface area (Å²) in [6.45, 7) is 3.48. The van der Waals surface area contributed by atoms with Crippen molar-refractivity contribution in [2.24, 2.45) is 5.73 Å². The van der Waals surface area contributed by atoms with Crippen molar-refractivity contribution >= 4 is 11.8 Å². The Kier molecular flexibility index (Phi) is 9.16. The van der Waals surface area contributed by atoms with E-state index in [-0.39, 0.29) is 0 Å². The zero-order chi connectivity index (χ0) is 13.2. The Balaban J connectivity index is 2.00. The molecule has 1 aliphatic rings. The first-order valence-corrected chi connectivity index (χ1v) is 8.94. The molecule has 0 aliphatic carbocycles. The Morgan fingerprint density at radius 2 is 1.83 bits per heavy atom. The summed E-state index contributed by atoms with van der Waals surface area (Å²) in [7, 11) is 2.23. The lowest BCUT2D eigenvalue weighted by molar-refractivity contribution is 0.228. The number of thioether (sulfide) groups is 1. The van der Waals surface area contributed by atoms with Crippen molar-refractivity contribution < 1.29 is 0 Å². The third-order valence-corrected chi connectivity index (χ3v) is 5.13. The minimum Gasteiger partial charge on any atom is -0.326 e. The molecule has 1 fully saturated rings. The summed E-state index contributed by atoms with van der Waals surface area (Å²) in [5.41, 5.74) is 6.35. The Morgan fingerprint density at radius 1 is 1.17 bits per heavy atom. The highest BCUT2D eigenvalue weighted by atomic mass is 32.2. The van der Waals surface area contributed by atoms with Crippen molar-refractivity contribution in [1.82, 2.24) is 4.90 Å². The highest BCUT2D eigenvalue weighted by Crippen LogP contribution is 2.19. The second-order valence-electron chi connectivity index (χ2n) is 5.70. The fourth-order valence-corrected chi connectivity index (χ4v) is 4.01. The van der Waals surface area contributed by atoms with Crippen LogP contribution < -0.4 is 5.73 Å². The van der Waals surface area contributed by atoms with E-state index in [1.165, 1.54) is 69.4 Å². The van der Waals surface area contributed by atoms with Gasteiger partial charge in [-0.3, -0.25) is 0 Å². The van der Waals surface area contributed by atoms with Crippen LogP contribution in [0.3, 0.4) is 0 Å². The normalized spacial score (nSPS) is 23.2.